The van der Waals surface area contributed by atoms with Crippen molar-refractivity contribution in [2.75, 3.05) is 13.7 Å². The Bertz CT molecular complexity index is 1650. The average molecular weight is 946 g/mol. The summed E-state index contributed by atoms with van der Waals surface area (Å²) in [6.07, 6.45) is 19.6. The molecule has 382 valence electrons. The zero-order chi connectivity index (χ0) is 50.7. The summed E-state index contributed by atoms with van der Waals surface area (Å²) in [6.45, 7) is 15.9. The highest BCUT2D eigenvalue weighted by atomic mass is 16.5. The van der Waals surface area contributed by atoms with Gasteiger partial charge in [0.25, 0.3) is 0 Å². The Morgan fingerprint density at radius 3 is 1.84 bits per heavy atom. The molecule has 0 unspecified atom stereocenters. The zero-order valence-corrected chi connectivity index (χ0v) is 42.4. The molecule has 1 rings (SSSR count). The minimum atomic E-state index is -1.40. The van der Waals surface area contributed by atoms with E-state index >= 15 is 0 Å². The molecule has 0 bridgehead atoms. The van der Waals surface area contributed by atoms with E-state index in [-0.39, 0.29) is 62.8 Å². The van der Waals surface area contributed by atoms with Gasteiger partial charge in [0, 0.05) is 25.8 Å². The molecule has 0 aliphatic carbocycles. The molecule has 17 heteroatoms. The van der Waals surface area contributed by atoms with E-state index in [9.17, 15) is 43.5 Å². The number of methoxy groups -OCH3 is 1. The molecule has 7 amide bonds. The van der Waals surface area contributed by atoms with Gasteiger partial charge in [0.15, 0.2) is 0 Å². The van der Waals surface area contributed by atoms with E-state index in [1.165, 1.54) is 31.3 Å². The maximum atomic E-state index is 14.0. The Labute approximate surface area is 400 Å². The molecule has 0 spiro atoms. The second-order valence-corrected chi connectivity index (χ2v) is 19.7. The lowest BCUT2D eigenvalue weighted by molar-refractivity contribution is -0.146. The summed E-state index contributed by atoms with van der Waals surface area (Å²) in [5.74, 6) is -5.77. The number of ether oxygens (including phenoxy) is 1. The summed E-state index contributed by atoms with van der Waals surface area (Å²) in [4.78, 5) is 108. The van der Waals surface area contributed by atoms with Gasteiger partial charge in [-0.3, -0.25) is 33.6 Å². The number of nitrogens with zero attached hydrogens (tertiary/aromatic N) is 1. The Morgan fingerprint density at radius 1 is 0.716 bits per heavy atom. The van der Waals surface area contributed by atoms with Crippen LogP contribution >= 0.6 is 0 Å². The number of aliphatic hydroxyl groups is 1. The molecular weight excluding hydrogens is 859 g/mol. The molecule has 1 aliphatic rings. The third kappa shape index (κ3) is 24.2. The van der Waals surface area contributed by atoms with Crippen molar-refractivity contribution < 1.29 is 48.2 Å². The van der Waals surface area contributed by atoms with Crippen molar-refractivity contribution in [2.24, 2.45) is 23.5 Å². The SMILES string of the molecule is CCCCC/C=C/C/C=C/CCCCCCCC(=O)NC(C)(C)C(=O)N1C[C@@H](O)C[C@H]1C(=O)N[C@@H](CC(C)C)C(=O)N[C@H](C(=O)N[C@@H](CCC(N)=O)C(=O)N[C@@H](CC(C)C)C(=O)OC)C(C)C. The van der Waals surface area contributed by atoms with Crippen molar-refractivity contribution in [1.29, 1.82) is 0 Å². The van der Waals surface area contributed by atoms with Gasteiger partial charge < -0.3 is 47.1 Å². The van der Waals surface area contributed by atoms with Crippen LogP contribution in [0.1, 0.15) is 171 Å². The molecule has 0 radical (unpaired) electrons. The molecule has 0 aromatic rings. The number of nitrogens with two attached hydrogens (primary N) is 1. The smallest absolute Gasteiger partial charge is 0.328 e. The number of allylic oxidation sites excluding steroid dienone is 4. The third-order valence-corrected chi connectivity index (χ3v) is 11.6. The predicted octanol–water partition coefficient (Wildman–Crippen LogP) is 4.78. The van der Waals surface area contributed by atoms with E-state index in [2.05, 4.69) is 57.8 Å². The van der Waals surface area contributed by atoms with Crippen molar-refractivity contribution in [3.8, 4) is 0 Å². The van der Waals surface area contributed by atoms with E-state index < -0.39 is 89.2 Å². The maximum Gasteiger partial charge on any atom is 0.328 e. The quantitative estimate of drug-likeness (QED) is 0.0269. The molecule has 1 aliphatic heterocycles. The molecule has 0 aromatic carbocycles. The topological polar surface area (TPSA) is 255 Å². The minimum absolute atomic E-state index is 0.000546. The normalized spacial score (nSPS) is 17.1. The lowest BCUT2D eigenvalue weighted by Crippen LogP contribution is -2.61. The van der Waals surface area contributed by atoms with Crippen molar-refractivity contribution in [1.82, 2.24) is 31.5 Å². The van der Waals surface area contributed by atoms with Gasteiger partial charge >= 0.3 is 5.97 Å². The summed E-state index contributed by atoms with van der Waals surface area (Å²) >= 11 is 0. The Kier molecular flexibility index (Phi) is 28.8. The molecule has 1 heterocycles. The number of β-amino-alcohol motifs (C(OH)–C–C–N with tert-alkyl or cyclic N) is 1. The van der Waals surface area contributed by atoms with Gasteiger partial charge in [-0.05, 0) is 89.4 Å². The molecule has 67 heavy (non-hydrogen) atoms. The number of carbonyl (C=O) groups is 8. The lowest BCUT2D eigenvalue weighted by atomic mass is 9.98. The van der Waals surface area contributed by atoms with Crippen molar-refractivity contribution >= 4 is 47.3 Å². The first-order chi connectivity index (χ1) is 31.5. The highest BCUT2D eigenvalue weighted by molar-refractivity contribution is 5.98. The first kappa shape index (κ1) is 60.2. The number of hydrogen-bond acceptors (Lipinski definition) is 10. The van der Waals surface area contributed by atoms with Crippen LogP contribution in [-0.2, 0) is 43.1 Å². The molecule has 0 saturated carbocycles. The number of carbonyl (C=O) groups excluding carboxylic acids is 8. The van der Waals surface area contributed by atoms with Crippen LogP contribution in [0.4, 0.5) is 0 Å². The minimum Gasteiger partial charge on any atom is -0.467 e. The number of rotatable bonds is 33. The fourth-order valence-electron chi connectivity index (χ4n) is 7.88. The van der Waals surface area contributed by atoms with Crippen LogP contribution in [0.25, 0.3) is 0 Å². The van der Waals surface area contributed by atoms with Crippen LogP contribution < -0.4 is 32.3 Å². The molecule has 1 saturated heterocycles. The van der Waals surface area contributed by atoms with Gasteiger partial charge in [0.2, 0.25) is 41.4 Å². The first-order valence-electron chi connectivity index (χ1n) is 24.7. The number of hydrogen-bond donors (Lipinski definition) is 7. The number of aliphatic hydroxyl groups excluding tert-OH is 1. The maximum absolute atomic E-state index is 14.0. The second-order valence-electron chi connectivity index (χ2n) is 19.7. The number of esters is 1. The fourth-order valence-corrected chi connectivity index (χ4v) is 7.88. The van der Waals surface area contributed by atoms with E-state index in [0.29, 0.717) is 6.42 Å². The monoisotopic (exact) mass is 946 g/mol. The van der Waals surface area contributed by atoms with Crippen LogP contribution in [-0.4, -0.2) is 113 Å². The Morgan fingerprint density at radius 2 is 1.27 bits per heavy atom. The predicted molar refractivity (Wildman–Crippen MR) is 260 cm³/mol. The van der Waals surface area contributed by atoms with Crippen LogP contribution in [0.2, 0.25) is 0 Å². The lowest BCUT2D eigenvalue weighted by Gasteiger charge is -2.34. The average Bonchev–Trinajstić information content (AvgIpc) is 3.64. The van der Waals surface area contributed by atoms with Crippen LogP contribution in [0.3, 0.4) is 0 Å². The molecular formula is C50H87N7O10. The number of likely N-dealkylation sites (tertiary alicyclic amines) is 1. The van der Waals surface area contributed by atoms with Gasteiger partial charge in [-0.15, -0.1) is 0 Å². The second kappa shape index (κ2) is 32.0. The van der Waals surface area contributed by atoms with Gasteiger partial charge in [-0.25, -0.2) is 4.79 Å². The molecule has 0 aromatic heterocycles. The molecule has 6 atom stereocenters. The first-order valence-corrected chi connectivity index (χ1v) is 24.7. The van der Waals surface area contributed by atoms with Crippen LogP contribution in [0, 0.1) is 17.8 Å². The number of primary amides is 1. The zero-order valence-electron chi connectivity index (χ0n) is 42.4. The summed E-state index contributed by atoms with van der Waals surface area (Å²) < 4.78 is 4.85. The van der Waals surface area contributed by atoms with E-state index in [4.69, 9.17) is 10.5 Å². The van der Waals surface area contributed by atoms with E-state index in [1.54, 1.807) is 27.7 Å². The summed E-state index contributed by atoms with van der Waals surface area (Å²) in [6, 6.07) is -5.86. The van der Waals surface area contributed by atoms with Crippen molar-refractivity contribution in [2.45, 2.75) is 213 Å². The fraction of sp³-hybridized carbons (Fsp3) is 0.760. The summed E-state index contributed by atoms with van der Waals surface area (Å²) in [5, 5.41) is 24.2. The highest BCUT2D eigenvalue weighted by Crippen LogP contribution is 2.23. The largest absolute Gasteiger partial charge is 0.467 e. The number of amides is 7. The van der Waals surface area contributed by atoms with E-state index in [0.717, 1.165) is 44.9 Å². The highest BCUT2D eigenvalue weighted by Gasteiger charge is 2.45. The molecule has 17 nitrogen and oxygen atoms in total. The van der Waals surface area contributed by atoms with Gasteiger partial charge in [0.1, 0.15) is 35.7 Å². The van der Waals surface area contributed by atoms with Crippen LogP contribution in [0.15, 0.2) is 24.3 Å². The van der Waals surface area contributed by atoms with Crippen molar-refractivity contribution in [3.63, 3.8) is 0 Å². The third-order valence-electron chi connectivity index (χ3n) is 11.6. The number of nitrogens with one attached hydrogen (secondary N) is 5. The van der Waals surface area contributed by atoms with E-state index in [1.807, 2.05) is 27.7 Å². The Balaban J connectivity index is 2.95. The van der Waals surface area contributed by atoms with Gasteiger partial charge in [-0.1, -0.05) is 105 Å². The molecule has 1 fully saturated rings. The number of unbranched alkanes of at least 4 members (excludes halogenated alkanes) is 8. The summed E-state index contributed by atoms with van der Waals surface area (Å²) in [7, 11) is 1.19. The summed E-state index contributed by atoms with van der Waals surface area (Å²) in [5.41, 5.74) is 3.97. The standard InChI is InChI=1S/C50H87N7O10/c1-11-12-13-14-15-16-17-18-19-20-21-22-23-24-25-26-42(60)56-50(8,9)49(66)57-32-36(58)31-40(57)46(63)53-38(29-33(2)3)45(62)55-43(35(6)7)47(64)52-37(27-28-41(51)59)44(61)54-39(30-34(4)5)48(65)67-10/h15-16,18-19,33-40,43,58H,11-14,17,20-32H2,1-10H3,(H2,51,59)(H,52,64)(H,53,63)(H,54,61)(H,55,62)(H,56,60)/b16-15+,19-18+/t36-,37-,38-,39-,40-,43-/m0/s1. The van der Waals surface area contributed by atoms with Crippen molar-refractivity contribution in [3.05, 3.63) is 24.3 Å². The Hall–Kier alpha value is -4.80. The van der Waals surface area contributed by atoms with Gasteiger partial charge in [-0.2, -0.15) is 0 Å². The van der Waals surface area contributed by atoms with Gasteiger partial charge in [0.05, 0.1) is 13.2 Å². The van der Waals surface area contributed by atoms with Crippen LogP contribution in [0.5, 0.6) is 0 Å². The molecule has 8 N–H and O–H groups in total.